The highest BCUT2D eigenvalue weighted by molar-refractivity contribution is 6.30. The molecule has 0 aliphatic carbocycles. The van der Waals surface area contributed by atoms with Gasteiger partial charge in [-0.1, -0.05) is 37.6 Å². The van der Waals surface area contributed by atoms with Crippen molar-refractivity contribution >= 4 is 39.6 Å². The summed E-state index contributed by atoms with van der Waals surface area (Å²) in [4.78, 5) is 17.4. The number of carbonyl (C=O) groups is 1. The highest BCUT2D eigenvalue weighted by atomic mass is 16.1. The summed E-state index contributed by atoms with van der Waals surface area (Å²) in [6.45, 7) is 5.89. The lowest BCUT2D eigenvalue weighted by Gasteiger charge is -2.12. The second-order valence-electron chi connectivity index (χ2n) is 6.85. The van der Waals surface area contributed by atoms with Crippen LogP contribution in [0.4, 0.5) is 0 Å². The summed E-state index contributed by atoms with van der Waals surface area (Å²) in [5, 5.41) is 8.79. The van der Waals surface area contributed by atoms with Crippen LogP contribution in [0.3, 0.4) is 0 Å². The van der Waals surface area contributed by atoms with Crippen LogP contribution in [0, 0.1) is 0 Å². The van der Waals surface area contributed by atoms with Crippen LogP contribution in [-0.2, 0) is 6.54 Å². The molecule has 0 spiro atoms. The van der Waals surface area contributed by atoms with E-state index in [9.17, 15) is 4.79 Å². The molecular weight excluding hydrogens is 362 g/mol. The molecule has 1 heterocycles. The number of nitrogens with one attached hydrogen (secondary N) is 1. The van der Waals surface area contributed by atoms with Crippen molar-refractivity contribution in [2.45, 2.75) is 33.2 Å². The van der Waals surface area contributed by atoms with E-state index in [0.29, 0.717) is 30.9 Å². The van der Waals surface area contributed by atoms with Gasteiger partial charge in [0.1, 0.15) is 5.71 Å². The third kappa shape index (κ3) is 4.42. The molecule has 1 aromatic heterocycles. The van der Waals surface area contributed by atoms with Crippen LogP contribution in [0.5, 0.6) is 0 Å². The number of fused-ring (bicyclic) bond motifs is 2. The Morgan fingerprint density at radius 1 is 1.07 bits per heavy atom. The Bertz CT molecular complexity index is 1010. The molecule has 3 aromatic rings. The number of carbonyl (C=O) groups excluding carboxylic acids is 1. The summed E-state index contributed by atoms with van der Waals surface area (Å²) >= 11 is 0. The van der Waals surface area contributed by atoms with Gasteiger partial charge in [0.2, 0.25) is 11.0 Å². The minimum absolute atomic E-state index is 0.0433. The third-order valence-corrected chi connectivity index (χ3v) is 4.88. The molecule has 29 heavy (non-hydrogen) atoms. The summed E-state index contributed by atoms with van der Waals surface area (Å²) in [6.07, 6.45) is 3.71. The predicted octanol–water partition coefficient (Wildman–Crippen LogP) is 3.22. The molecule has 3 rings (SSSR count). The van der Waals surface area contributed by atoms with E-state index in [1.54, 1.807) is 6.21 Å². The molecule has 0 radical (unpaired) electrons. The Kier molecular flexibility index (Phi) is 6.89. The molecule has 0 bridgehead atoms. The summed E-state index contributed by atoms with van der Waals surface area (Å²) in [5.74, 6) is 5.57. The van der Waals surface area contributed by atoms with Crippen LogP contribution in [0.2, 0.25) is 0 Å². The number of para-hydroxylation sites is 2. The SMILES string of the molecule is CCCCNC(=O)c1c2ccccc2[n+](C/C(C=NCC)=N/N)c2ccccc12. The van der Waals surface area contributed by atoms with Gasteiger partial charge in [0.05, 0.1) is 22.6 Å². The van der Waals surface area contributed by atoms with E-state index >= 15 is 0 Å². The summed E-state index contributed by atoms with van der Waals surface area (Å²) in [7, 11) is 0. The summed E-state index contributed by atoms with van der Waals surface area (Å²) in [6, 6.07) is 15.9. The van der Waals surface area contributed by atoms with Crippen LogP contribution >= 0.6 is 0 Å². The lowest BCUT2D eigenvalue weighted by Crippen LogP contribution is -2.41. The molecule has 6 heteroatoms. The minimum Gasteiger partial charge on any atom is -0.352 e. The van der Waals surface area contributed by atoms with Crippen LogP contribution in [0.25, 0.3) is 21.8 Å². The Hall–Kier alpha value is -3.28. The first-order chi connectivity index (χ1) is 14.2. The van der Waals surface area contributed by atoms with Gasteiger partial charge >= 0.3 is 0 Å². The highest BCUT2D eigenvalue weighted by Gasteiger charge is 2.24. The second kappa shape index (κ2) is 9.78. The fourth-order valence-electron chi connectivity index (χ4n) is 3.47. The molecule has 0 fully saturated rings. The fourth-order valence-corrected chi connectivity index (χ4v) is 3.47. The number of amides is 1. The Morgan fingerprint density at radius 2 is 1.69 bits per heavy atom. The number of nitrogens with two attached hydrogens (primary N) is 1. The van der Waals surface area contributed by atoms with E-state index in [4.69, 9.17) is 5.84 Å². The van der Waals surface area contributed by atoms with Crippen LogP contribution in [0.1, 0.15) is 37.0 Å². The number of nitrogens with zero attached hydrogens (tertiary/aromatic N) is 3. The van der Waals surface area contributed by atoms with Crippen molar-refractivity contribution in [2.24, 2.45) is 15.9 Å². The van der Waals surface area contributed by atoms with E-state index in [1.165, 1.54) is 0 Å². The van der Waals surface area contributed by atoms with Gasteiger partial charge in [-0.25, -0.2) is 0 Å². The smallest absolute Gasteiger partial charge is 0.253 e. The molecule has 0 unspecified atom stereocenters. The Labute approximate surface area is 171 Å². The molecule has 0 aliphatic heterocycles. The van der Waals surface area contributed by atoms with Crippen molar-refractivity contribution in [3.8, 4) is 0 Å². The summed E-state index contributed by atoms with van der Waals surface area (Å²) in [5.41, 5.74) is 3.29. The maximum Gasteiger partial charge on any atom is 0.253 e. The van der Waals surface area contributed by atoms with Crippen molar-refractivity contribution in [2.75, 3.05) is 13.1 Å². The summed E-state index contributed by atoms with van der Waals surface area (Å²) < 4.78 is 2.14. The molecule has 2 aromatic carbocycles. The monoisotopic (exact) mass is 390 g/mol. The lowest BCUT2D eigenvalue weighted by atomic mass is 10.0. The highest BCUT2D eigenvalue weighted by Crippen LogP contribution is 2.25. The van der Waals surface area contributed by atoms with E-state index < -0.39 is 0 Å². The normalized spacial score (nSPS) is 12.1. The molecule has 150 valence electrons. The first-order valence-corrected chi connectivity index (χ1v) is 10.1. The number of aromatic nitrogens is 1. The largest absolute Gasteiger partial charge is 0.352 e. The fraction of sp³-hybridized carbons (Fsp3) is 0.304. The van der Waals surface area contributed by atoms with Crippen molar-refractivity contribution < 1.29 is 9.36 Å². The van der Waals surface area contributed by atoms with Crippen molar-refractivity contribution in [1.82, 2.24) is 5.32 Å². The molecule has 0 atom stereocenters. The standard InChI is InChI=1S/C23H27N5O/c1-3-5-14-26-23(29)22-18-10-6-8-12-20(18)28(16-17(27-24)15-25-4-2)21-13-9-7-11-19(21)22/h6-13,15H,3-5,14,16H2,1-2H3,(H2-,24,25,26,29)/p+1. The molecule has 0 saturated heterocycles. The van der Waals surface area contributed by atoms with Gasteiger partial charge in [0.25, 0.3) is 5.91 Å². The number of rotatable bonds is 8. The Balaban J connectivity index is 2.22. The maximum atomic E-state index is 13.1. The molecule has 0 saturated carbocycles. The number of aliphatic imine (C=N–C) groups is 1. The number of benzene rings is 2. The van der Waals surface area contributed by atoms with Gasteiger partial charge < -0.3 is 11.2 Å². The van der Waals surface area contributed by atoms with E-state index in [2.05, 4.69) is 26.9 Å². The first-order valence-electron chi connectivity index (χ1n) is 10.1. The average molecular weight is 391 g/mol. The molecule has 0 aliphatic rings. The van der Waals surface area contributed by atoms with E-state index in [1.807, 2.05) is 55.5 Å². The van der Waals surface area contributed by atoms with Crippen molar-refractivity contribution in [1.29, 1.82) is 0 Å². The molecule has 1 amide bonds. The van der Waals surface area contributed by atoms with E-state index in [0.717, 1.165) is 34.6 Å². The second-order valence-corrected chi connectivity index (χ2v) is 6.85. The zero-order valence-corrected chi connectivity index (χ0v) is 17.1. The molecular formula is C23H28N5O+. The van der Waals surface area contributed by atoms with E-state index in [-0.39, 0.29) is 5.91 Å². The van der Waals surface area contributed by atoms with Gasteiger partial charge in [-0.15, -0.1) is 0 Å². The van der Waals surface area contributed by atoms with Gasteiger partial charge in [0, 0.05) is 25.2 Å². The lowest BCUT2D eigenvalue weighted by molar-refractivity contribution is -0.628. The van der Waals surface area contributed by atoms with Crippen LogP contribution in [-0.4, -0.2) is 30.9 Å². The number of unbranched alkanes of at least 4 members (excludes halogenated alkanes) is 1. The average Bonchev–Trinajstić information content (AvgIpc) is 2.76. The Morgan fingerprint density at radius 3 is 2.24 bits per heavy atom. The number of hydrogen-bond acceptors (Lipinski definition) is 4. The van der Waals surface area contributed by atoms with Crippen molar-refractivity contribution in [3.63, 3.8) is 0 Å². The number of pyridine rings is 1. The van der Waals surface area contributed by atoms with Crippen molar-refractivity contribution in [3.05, 3.63) is 54.1 Å². The predicted molar refractivity (Wildman–Crippen MR) is 120 cm³/mol. The molecule has 3 N–H and O–H groups in total. The maximum absolute atomic E-state index is 13.1. The first kappa shape index (κ1) is 20.5. The van der Waals surface area contributed by atoms with Gasteiger partial charge in [-0.3, -0.25) is 9.79 Å². The number of hydrazone groups is 1. The topological polar surface area (TPSA) is 83.7 Å². The number of hydrogen-bond donors (Lipinski definition) is 2. The van der Waals surface area contributed by atoms with Crippen LogP contribution in [0.15, 0.2) is 58.6 Å². The van der Waals surface area contributed by atoms with Gasteiger partial charge in [0.15, 0.2) is 6.54 Å². The quantitative estimate of drug-likeness (QED) is 0.155. The van der Waals surface area contributed by atoms with Gasteiger partial charge in [-0.2, -0.15) is 9.67 Å². The zero-order chi connectivity index (χ0) is 20.6. The molecule has 6 nitrogen and oxygen atoms in total. The van der Waals surface area contributed by atoms with Crippen LogP contribution < -0.4 is 15.7 Å². The zero-order valence-electron chi connectivity index (χ0n) is 17.1. The third-order valence-electron chi connectivity index (χ3n) is 4.88. The van der Waals surface area contributed by atoms with Gasteiger partial charge in [-0.05, 0) is 25.5 Å². The minimum atomic E-state index is -0.0433.